The van der Waals surface area contributed by atoms with Gasteiger partial charge in [-0.15, -0.1) is 0 Å². The lowest BCUT2D eigenvalue weighted by Gasteiger charge is -2.12. The van der Waals surface area contributed by atoms with Gasteiger partial charge >= 0.3 is 6.03 Å². The van der Waals surface area contributed by atoms with Gasteiger partial charge in [0.05, 0.1) is 17.4 Å². The van der Waals surface area contributed by atoms with Gasteiger partial charge in [0, 0.05) is 49.3 Å². The maximum atomic E-state index is 12.7. The highest BCUT2D eigenvalue weighted by atomic mass is 16.2. The van der Waals surface area contributed by atoms with Gasteiger partial charge in [0.1, 0.15) is 0 Å². The normalized spacial score (nSPS) is 10.6. The number of carbonyl (C=O) groups excluding carboxylic acids is 2. The number of hydrogen-bond acceptors (Lipinski definition) is 5. The highest BCUT2D eigenvalue weighted by Crippen LogP contribution is 2.27. The van der Waals surface area contributed by atoms with Crippen molar-refractivity contribution in [1.29, 1.82) is 0 Å². The van der Waals surface area contributed by atoms with Crippen LogP contribution in [0.2, 0.25) is 0 Å². The van der Waals surface area contributed by atoms with Crippen LogP contribution in [0.3, 0.4) is 0 Å². The van der Waals surface area contributed by atoms with E-state index in [0.717, 1.165) is 16.6 Å². The molecule has 0 radical (unpaired) electrons. The molecule has 4 aromatic rings. The van der Waals surface area contributed by atoms with E-state index in [1.165, 1.54) is 4.90 Å². The zero-order valence-corrected chi connectivity index (χ0v) is 16.4. The molecule has 0 atom stereocenters. The Hall–Kier alpha value is -4.27. The summed E-state index contributed by atoms with van der Waals surface area (Å²) in [5, 5.41) is 13.3. The Morgan fingerprint density at radius 1 is 0.900 bits per heavy atom. The monoisotopic (exact) mass is 401 g/mol. The van der Waals surface area contributed by atoms with Gasteiger partial charge in [-0.25, -0.2) is 4.79 Å². The van der Waals surface area contributed by atoms with Crippen LogP contribution in [0.1, 0.15) is 10.5 Å². The first-order chi connectivity index (χ1) is 14.5. The second-order valence-corrected chi connectivity index (χ2v) is 6.81. The molecule has 30 heavy (non-hydrogen) atoms. The first kappa shape index (κ1) is 19.1. The van der Waals surface area contributed by atoms with Crippen LogP contribution in [-0.2, 0) is 0 Å². The smallest absolute Gasteiger partial charge is 0.321 e. The first-order valence-corrected chi connectivity index (χ1v) is 9.14. The van der Waals surface area contributed by atoms with Crippen molar-refractivity contribution in [3.8, 4) is 11.1 Å². The van der Waals surface area contributed by atoms with E-state index >= 15 is 0 Å². The number of rotatable bonds is 4. The van der Waals surface area contributed by atoms with E-state index < -0.39 is 0 Å². The van der Waals surface area contributed by atoms with Gasteiger partial charge in [0.15, 0.2) is 5.69 Å². The van der Waals surface area contributed by atoms with Crippen LogP contribution in [0, 0.1) is 0 Å². The Kier molecular flexibility index (Phi) is 5.08. The van der Waals surface area contributed by atoms with Gasteiger partial charge < -0.3 is 15.5 Å². The molecule has 3 aromatic heterocycles. The van der Waals surface area contributed by atoms with Crippen LogP contribution in [-0.4, -0.2) is 51.1 Å². The molecule has 0 aliphatic rings. The van der Waals surface area contributed by atoms with Crippen LogP contribution in [0.4, 0.5) is 16.2 Å². The number of pyridine rings is 2. The average Bonchev–Trinajstić information content (AvgIpc) is 3.18. The predicted molar refractivity (Wildman–Crippen MR) is 114 cm³/mol. The lowest BCUT2D eigenvalue weighted by molar-refractivity contribution is 0.102. The Labute approximate surface area is 172 Å². The molecule has 0 bridgehead atoms. The number of aromatic amines is 1. The van der Waals surface area contributed by atoms with Crippen molar-refractivity contribution < 1.29 is 9.59 Å². The minimum absolute atomic E-state index is 0.241. The van der Waals surface area contributed by atoms with Crippen molar-refractivity contribution in [1.82, 2.24) is 25.1 Å². The second-order valence-electron chi connectivity index (χ2n) is 6.81. The number of carbonyl (C=O) groups is 2. The molecule has 0 unspecified atom stereocenters. The minimum atomic E-state index is -0.324. The zero-order valence-electron chi connectivity index (χ0n) is 16.4. The van der Waals surface area contributed by atoms with Gasteiger partial charge in [0.25, 0.3) is 5.91 Å². The lowest BCUT2D eigenvalue weighted by atomic mass is 10.0. The highest BCUT2D eigenvalue weighted by molar-refractivity contribution is 6.11. The lowest BCUT2D eigenvalue weighted by Crippen LogP contribution is -2.27. The molecule has 4 rings (SSSR count). The molecule has 0 fully saturated rings. The summed E-state index contributed by atoms with van der Waals surface area (Å²) in [5.74, 6) is -0.324. The molecule has 0 aliphatic carbocycles. The summed E-state index contributed by atoms with van der Waals surface area (Å²) in [7, 11) is 3.33. The van der Waals surface area contributed by atoms with Crippen molar-refractivity contribution >= 4 is 34.2 Å². The van der Waals surface area contributed by atoms with Crippen molar-refractivity contribution in [2.24, 2.45) is 0 Å². The van der Waals surface area contributed by atoms with Crippen LogP contribution in [0.5, 0.6) is 0 Å². The molecular weight excluding hydrogens is 382 g/mol. The third-order valence-electron chi connectivity index (χ3n) is 4.45. The van der Waals surface area contributed by atoms with Crippen LogP contribution in [0.25, 0.3) is 22.0 Å². The van der Waals surface area contributed by atoms with Gasteiger partial charge in [-0.3, -0.25) is 19.9 Å². The fourth-order valence-corrected chi connectivity index (χ4v) is 2.89. The number of nitrogens with zero attached hydrogens (tertiary/aromatic N) is 4. The summed E-state index contributed by atoms with van der Waals surface area (Å²) in [6, 6.07) is 10.6. The van der Waals surface area contributed by atoms with Crippen molar-refractivity contribution in [2.75, 3.05) is 24.7 Å². The van der Waals surface area contributed by atoms with Crippen LogP contribution in [0.15, 0.2) is 61.2 Å². The number of amides is 3. The average molecular weight is 401 g/mol. The first-order valence-electron chi connectivity index (χ1n) is 9.14. The van der Waals surface area contributed by atoms with E-state index in [4.69, 9.17) is 0 Å². The quantitative estimate of drug-likeness (QED) is 0.485. The van der Waals surface area contributed by atoms with E-state index in [-0.39, 0.29) is 17.6 Å². The zero-order chi connectivity index (χ0) is 21.1. The SMILES string of the molecule is CN(C)C(=O)Nc1cncc(-c2ccc3[nH]nc(C(=O)Nc4ccncc4)c3c2)c1. The maximum Gasteiger partial charge on any atom is 0.321 e. The standard InChI is InChI=1S/C21H19N7O2/c1-28(2)21(30)25-16-9-14(11-23-12-16)13-3-4-18-17(10-13)19(27-26-18)20(29)24-15-5-7-22-8-6-15/h3-12H,1-2H3,(H,25,30)(H,26,27)(H,22,24,29). The fourth-order valence-electron chi connectivity index (χ4n) is 2.89. The molecule has 0 aliphatic heterocycles. The molecule has 3 amide bonds. The van der Waals surface area contributed by atoms with Gasteiger partial charge in [-0.05, 0) is 35.9 Å². The topological polar surface area (TPSA) is 116 Å². The Balaban J connectivity index is 1.64. The third kappa shape index (κ3) is 3.95. The second kappa shape index (κ2) is 8.00. The summed E-state index contributed by atoms with van der Waals surface area (Å²) in [6.07, 6.45) is 6.48. The molecule has 9 nitrogen and oxygen atoms in total. The van der Waals surface area contributed by atoms with Gasteiger partial charge in [0.2, 0.25) is 0 Å². The number of hydrogen-bond donors (Lipinski definition) is 3. The van der Waals surface area contributed by atoms with Crippen molar-refractivity contribution in [3.05, 3.63) is 66.9 Å². The van der Waals surface area contributed by atoms with E-state index in [9.17, 15) is 9.59 Å². The maximum absolute atomic E-state index is 12.7. The van der Waals surface area contributed by atoms with E-state index in [0.29, 0.717) is 16.8 Å². The summed E-state index contributed by atoms with van der Waals surface area (Å²) >= 11 is 0. The van der Waals surface area contributed by atoms with Crippen molar-refractivity contribution in [3.63, 3.8) is 0 Å². The molecule has 3 heterocycles. The molecule has 1 aromatic carbocycles. The summed E-state index contributed by atoms with van der Waals surface area (Å²) in [4.78, 5) is 34.2. The largest absolute Gasteiger partial charge is 0.331 e. The highest BCUT2D eigenvalue weighted by Gasteiger charge is 2.15. The molecular formula is C21H19N7O2. The number of H-pyrrole nitrogens is 1. The summed E-state index contributed by atoms with van der Waals surface area (Å²) in [5.41, 5.74) is 3.88. The van der Waals surface area contributed by atoms with Crippen LogP contribution < -0.4 is 10.6 Å². The number of anilines is 2. The van der Waals surface area contributed by atoms with Crippen molar-refractivity contribution in [2.45, 2.75) is 0 Å². The number of fused-ring (bicyclic) bond motifs is 1. The van der Waals surface area contributed by atoms with Gasteiger partial charge in [-0.1, -0.05) is 6.07 Å². The number of urea groups is 1. The molecule has 0 spiro atoms. The van der Waals surface area contributed by atoms with E-state index in [1.54, 1.807) is 51.0 Å². The fraction of sp³-hybridized carbons (Fsp3) is 0.0952. The van der Waals surface area contributed by atoms with E-state index in [1.807, 2.05) is 24.3 Å². The summed E-state index contributed by atoms with van der Waals surface area (Å²) < 4.78 is 0. The molecule has 0 saturated carbocycles. The Bertz CT molecular complexity index is 1220. The van der Waals surface area contributed by atoms with Gasteiger partial charge in [-0.2, -0.15) is 5.10 Å². The molecule has 3 N–H and O–H groups in total. The number of benzene rings is 1. The molecule has 9 heteroatoms. The Morgan fingerprint density at radius 3 is 2.47 bits per heavy atom. The number of aromatic nitrogens is 4. The third-order valence-corrected chi connectivity index (χ3v) is 4.45. The molecule has 0 saturated heterocycles. The minimum Gasteiger partial charge on any atom is -0.331 e. The van der Waals surface area contributed by atoms with E-state index in [2.05, 4.69) is 30.8 Å². The number of nitrogens with one attached hydrogen (secondary N) is 3. The van der Waals surface area contributed by atoms with Crippen LogP contribution >= 0.6 is 0 Å². The predicted octanol–water partition coefficient (Wildman–Crippen LogP) is 3.37. The molecule has 150 valence electrons. The summed E-state index contributed by atoms with van der Waals surface area (Å²) in [6.45, 7) is 0. The Morgan fingerprint density at radius 2 is 1.70 bits per heavy atom.